The van der Waals surface area contributed by atoms with Gasteiger partial charge in [-0.25, -0.2) is 0 Å². The average Bonchev–Trinajstić information content (AvgIpc) is 3.18. The summed E-state index contributed by atoms with van der Waals surface area (Å²) < 4.78 is 17.1. The van der Waals surface area contributed by atoms with Crippen LogP contribution in [0.15, 0.2) is 66.7 Å². The maximum absolute atomic E-state index is 12.4. The Morgan fingerprint density at radius 1 is 0.929 bits per heavy atom. The van der Waals surface area contributed by atoms with E-state index >= 15 is 0 Å². The lowest BCUT2D eigenvalue weighted by atomic mass is 9.84. The highest BCUT2D eigenvalue weighted by Crippen LogP contribution is 2.46. The van der Waals surface area contributed by atoms with Gasteiger partial charge in [-0.1, -0.05) is 48.5 Å². The molecular weight excluding hydrogens is 354 g/mol. The Kier molecular flexibility index (Phi) is 4.13. The van der Waals surface area contributed by atoms with E-state index in [9.17, 15) is 4.79 Å². The van der Waals surface area contributed by atoms with E-state index in [2.05, 4.69) is 5.32 Å². The molecule has 5 heteroatoms. The Balaban J connectivity index is 1.51. The normalized spacial score (nSPS) is 17.0. The minimum atomic E-state index is -0.106. The van der Waals surface area contributed by atoms with Crippen LogP contribution in [0.25, 0.3) is 0 Å². The van der Waals surface area contributed by atoms with Crippen molar-refractivity contribution in [2.45, 2.75) is 18.9 Å². The average molecular weight is 373 g/mol. The molecule has 0 aliphatic carbocycles. The van der Waals surface area contributed by atoms with Gasteiger partial charge in [0.25, 0.3) is 0 Å². The van der Waals surface area contributed by atoms with Gasteiger partial charge in [-0.05, 0) is 23.3 Å². The van der Waals surface area contributed by atoms with Gasteiger partial charge in [-0.2, -0.15) is 0 Å². The van der Waals surface area contributed by atoms with Gasteiger partial charge in [-0.15, -0.1) is 0 Å². The zero-order valence-electron chi connectivity index (χ0n) is 15.2. The summed E-state index contributed by atoms with van der Waals surface area (Å²) in [5, 5.41) is 2.95. The van der Waals surface area contributed by atoms with E-state index in [1.807, 2.05) is 66.7 Å². The fourth-order valence-electron chi connectivity index (χ4n) is 3.76. The van der Waals surface area contributed by atoms with Crippen molar-refractivity contribution >= 4 is 11.6 Å². The second kappa shape index (κ2) is 6.93. The molecule has 2 heterocycles. The molecule has 0 fully saturated rings. The number of benzene rings is 3. The molecule has 2 aliphatic heterocycles. The van der Waals surface area contributed by atoms with Crippen LogP contribution < -0.4 is 19.5 Å². The molecule has 1 unspecified atom stereocenters. The van der Waals surface area contributed by atoms with Gasteiger partial charge in [0, 0.05) is 29.7 Å². The Hall–Kier alpha value is -3.47. The van der Waals surface area contributed by atoms with Gasteiger partial charge in [0.15, 0.2) is 11.5 Å². The standard InChI is InChI=1S/C23H19NO4/c25-23-11-17(18-10-21-22(28-14-27-21)12-19(18)24-23)16-8-4-5-9-20(16)26-13-15-6-2-1-3-7-15/h1-10,12,17H,11,13-14H2,(H,24,25). The van der Waals surface area contributed by atoms with Crippen LogP contribution in [-0.4, -0.2) is 12.7 Å². The lowest BCUT2D eigenvalue weighted by Crippen LogP contribution is -2.23. The first kappa shape index (κ1) is 16.7. The van der Waals surface area contributed by atoms with E-state index in [0.29, 0.717) is 24.5 Å². The van der Waals surface area contributed by atoms with Crippen LogP contribution in [0.1, 0.15) is 29.0 Å². The van der Waals surface area contributed by atoms with Crippen molar-refractivity contribution in [3.8, 4) is 17.2 Å². The number of carbonyl (C=O) groups excluding carboxylic acids is 1. The topological polar surface area (TPSA) is 56.8 Å². The van der Waals surface area contributed by atoms with Crippen molar-refractivity contribution in [2.75, 3.05) is 12.1 Å². The third kappa shape index (κ3) is 3.05. The Labute approximate surface area is 162 Å². The van der Waals surface area contributed by atoms with E-state index in [1.165, 1.54) is 0 Å². The molecule has 5 rings (SSSR count). The SMILES string of the molecule is O=C1CC(c2ccccc2OCc2ccccc2)c2cc3c(cc2N1)OCO3. The minimum absolute atomic E-state index is 0.0192. The highest BCUT2D eigenvalue weighted by Gasteiger charge is 2.31. The van der Waals surface area contributed by atoms with Crippen molar-refractivity contribution in [2.24, 2.45) is 0 Å². The molecule has 0 saturated carbocycles. The predicted octanol–water partition coefficient (Wildman–Crippen LogP) is 4.47. The van der Waals surface area contributed by atoms with E-state index < -0.39 is 0 Å². The van der Waals surface area contributed by atoms with Crippen LogP contribution in [0.4, 0.5) is 5.69 Å². The van der Waals surface area contributed by atoms with Crippen LogP contribution in [0, 0.1) is 0 Å². The highest BCUT2D eigenvalue weighted by molar-refractivity contribution is 5.96. The summed E-state index contributed by atoms with van der Waals surface area (Å²) in [5.74, 6) is 2.03. The largest absolute Gasteiger partial charge is 0.489 e. The maximum atomic E-state index is 12.4. The van der Waals surface area contributed by atoms with Crippen molar-refractivity contribution in [1.82, 2.24) is 0 Å². The first-order valence-corrected chi connectivity index (χ1v) is 9.27. The molecule has 3 aromatic rings. The molecule has 3 aromatic carbocycles. The molecular formula is C23H19NO4. The number of para-hydroxylation sites is 1. The van der Waals surface area contributed by atoms with Gasteiger partial charge in [-0.3, -0.25) is 4.79 Å². The number of fused-ring (bicyclic) bond motifs is 2. The molecule has 0 spiro atoms. The number of carbonyl (C=O) groups is 1. The smallest absolute Gasteiger partial charge is 0.231 e. The minimum Gasteiger partial charge on any atom is -0.489 e. The quantitative estimate of drug-likeness (QED) is 0.733. The Morgan fingerprint density at radius 3 is 2.54 bits per heavy atom. The Morgan fingerprint density at radius 2 is 1.68 bits per heavy atom. The van der Waals surface area contributed by atoms with Gasteiger partial charge in [0.05, 0.1) is 0 Å². The summed E-state index contributed by atoms with van der Waals surface area (Å²) in [6.07, 6.45) is 0.359. The number of amides is 1. The molecule has 1 atom stereocenters. The predicted molar refractivity (Wildman–Crippen MR) is 105 cm³/mol. The number of rotatable bonds is 4. The van der Waals surface area contributed by atoms with Crippen LogP contribution in [0.2, 0.25) is 0 Å². The number of hydrogen-bond acceptors (Lipinski definition) is 4. The summed E-state index contributed by atoms with van der Waals surface area (Å²) in [6, 6.07) is 21.8. The van der Waals surface area contributed by atoms with Crippen LogP contribution >= 0.6 is 0 Å². The van der Waals surface area contributed by atoms with Crippen LogP contribution in [0.5, 0.6) is 17.2 Å². The van der Waals surface area contributed by atoms with E-state index in [4.69, 9.17) is 14.2 Å². The third-order valence-corrected chi connectivity index (χ3v) is 5.12. The highest BCUT2D eigenvalue weighted by atomic mass is 16.7. The van der Waals surface area contributed by atoms with E-state index in [0.717, 1.165) is 28.1 Å². The van der Waals surface area contributed by atoms with Crippen molar-refractivity contribution < 1.29 is 19.0 Å². The van der Waals surface area contributed by atoms with Crippen molar-refractivity contribution in [3.63, 3.8) is 0 Å². The number of anilines is 1. The summed E-state index contributed by atoms with van der Waals surface area (Å²) >= 11 is 0. The fourth-order valence-corrected chi connectivity index (χ4v) is 3.76. The zero-order valence-corrected chi connectivity index (χ0v) is 15.2. The van der Waals surface area contributed by atoms with Gasteiger partial charge < -0.3 is 19.5 Å². The first-order chi connectivity index (χ1) is 13.8. The number of ether oxygens (including phenoxy) is 3. The fraction of sp³-hybridized carbons (Fsp3) is 0.174. The molecule has 140 valence electrons. The summed E-state index contributed by atoms with van der Waals surface area (Å²) in [4.78, 5) is 12.4. The Bertz CT molecular complexity index is 1030. The summed E-state index contributed by atoms with van der Waals surface area (Å²) in [7, 11) is 0. The van der Waals surface area contributed by atoms with Crippen molar-refractivity contribution in [3.05, 3.63) is 83.4 Å². The lowest BCUT2D eigenvalue weighted by Gasteiger charge is -2.27. The molecule has 0 aromatic heterocycles. The third-order valence-electron chi connectivity index (χ3n) is 5.12. The first-order valence-electron chi connectivity index (χ1n) is 9.27. The second-order valence-corrected chi connectivity index (χ2v) is 6.91. The summed E-state index contributed by atoms with van der Waals surface area (Å²) in [6.45, 7) is 0.679. The van der Waals surface area contributed by atoms with Gasteiger partial charge in [0.2, 0.25) is 12.7 Å². The zero-order chi connectivity index (χ0) is 18.9. The summed E-state index contributed by atoms with van der Waals surface area (Å²) in [5.41, 5.74) is 3.87. The van der Waals surface area contributed by atoms with E-state index in [-0.39, 0.29) is 18.6 Å². The number of hydrogen-bond donors (Lipinski definition) is 1. The van der Waals surface area contributed by atoms with Gasteiger partial charge in [0.1, 0.15) is 12.4 Å². The molecule has 5 nitrogen and oxygen atoms in total. The monoisotopic (exact) mass is 373 g/mol. The lowest BCUT2D eigenvalue weighted by molar-refractivity contribution is -0.116. The molecule has 28 heavy (non-hydrogen) atoms. The molecule has 2 aliphatic rings. The molecule has 0 bridgehead atoms. The molecule has 0 saturated heterocycles. The molecule has 1 N–H and O–H groups in total. The molecule has 0 radical (unpaired) electrons. The second-order valence-electron chi connectivity index (χ2n) is 6.91. The van der Waals surface area contributed by atoms with Crippen LogP contribution in [-0.2, 0) is 11.4 Å². The maximum Gasteiger partial charge on any atom is 0.231 e. The van der Waals surface area contributed by atoms with E-state index in [1.54, 1.807) is 0 Å². The van der Waals surface area contributed by atoms with Crippen molar-refractivity contribution in [1.29, 1.82) is 0 Å². The van der Waals surface area contributed by atoms with Crippen LogP contribution in [0.3, 0.4) is 0 Å². The van der Waals surface area contributed by atoms with Gasteiger partial charge >= 0.3 is 0 Å². The molecule has 1 amide bonds. The number of nitrogens with one attached hydrogen (secondary N) is 1.